The van der Waals surface area contributed by atoms with Crippen molar-refractivity contribution in [2.45, 2.75) is 38.1 Å². The number of carbonyl (C=O) groups excluding carboxylic acids is 2. The number of fused-ring (bicyclic) bond motifs is 1. The van der Waals surface area contributed by atoms with Crippen LogP contribution in [-0.4, -0.2) is 44.3 Å². The number of Topliss-reactive ketones (excluding diaryl/α,β-unsaturated/α-hetero) is 1. The van der Waals surface area contributed by atoms with Crippen molar-refractivity contribution in [3.63, 3.8) is 0 Å². The summed E-state index contributed by atoms with van der Waals surface area (Å²) < 4.78 is 24.1. The van der Waals surface area contributed by atoms with Gasteiger partial charge in [-0.15, -0.1) is 0 Å². The minimum absolute atomic E-state index is 0.0521. The van der Waals surface area contributed by atoms with Crippen molar-refractivity contribution in [1.82, 2.24) is 0 Å². The molecule has 28 heavy (non-hydrogen) atoms. The highest BCUT2D eigenvalue weighted by Gasteiger charge is 2.72. The van der Waals surface area contributed by atoms with Crippen LogP contribution in [0.1, 0.15) is 25.2 Å². The van der Waals surface area contributed by atoms with E-state index in [0.717, 1.165) is 17.4 Å². The number of benzene rings is 1. The zero-order valence-electron chi connectivity index (χ0n) is 15.9. The summed E-state index contributed by atoms with van der Waals surface area (Å²) in [4.78, 5) is 25.4. The van der Waals surface area contributed by atoms with Gasteiger partial charge in [0.15, 0.2) is 18.4 Å². The Hall–Kier alpha value is -1.86. The second-order valence-electron chi connectivity index (χ2n) is 8.19. The fourth-order valence-corrected chi connectivity index (χ4v) is 5.88. The molecule has 148 valence electrons. The van der Waals surface area contributed by atoms with Crippen molar-refractivity contribution in [2.75, 3.05) is 13.7 Å². The molecule has 1 aromatic rings. The summed E-state index contributed by atoms with van der Waals surface area (Å²) in [7, 11) is 1.56. The third kappa shape index (κ3) is 2.29. The van der Waals surface area contributed by atoms with Crippen LogP contribution in [0.4, 0.5) is 0 Å². The van der Waals surface area contributed by atoms with Crippen molar-refractivity contribution in [3.8, 4) is 0 Å². The average Bonchev–Trinajstić information content (AvgIpc) is 3.19. The van der Waals surface area contributed by atoms with Crippen LogP contribution in [0.3, 0.4) is 0 Å². The average molecular weight is 384 g/mol. The molecule has 5 rings (SSSR count). The second-order valence-corrected chi connectivity index (χ2v) is 8.19. The Morgan fingerprint density at radius 3 is 2.71 bits per heavy atom. The summed E-state index contributed by atoms with van der Waals surface area (Å²) in [6.07, 6.45) is 1.48. The van der Waals surface area contributed by atoms with Gasteiger partial charge < -0.3 is 23.7 Å². The van der Waals surface area contributed by atoms with Gasteiger partial charge in [0.25, 0.3) is 0 Å². The predicted molar refractivity (Wildman–Crippen MR) is 98.0 cm³/mol. The molecule has 6 nitrogen and oxygen atoms in total. The van der Waals surface area contributed by atoms with E-state index in [1.807, 2.05) is 43.3 Å². The quantitative estimate of drug-likeness (QED) is 0.746. The maximum absolute atomic E-state index is 13.5. The Morgan fingerprint density at radius 1 is 1.21 bits per heavy atom. The van der Waals surface area contributed by atoms with E-state index in [0.29, 0.717) is 13.0 Å². The Morgan fingerprint density at radius 2 is 2.00 bits per heavy atom. The largest absolute Gasteiger partial charge is 0.356 e. The summed E-state index contributed by atoms with van der Waals surface area (Å²) in [6.45, 7) is 2.16. The Kier molecular flexibility index (Phi) is 4.28. The van der Waals surface area contributed by atoms with E-state index in [9.17, 15) is 9.59 Å². The van der Waals surface area contributed by atoms with Crippen molar-refractivity contribution in [2.24, 2.45) is 23.2 Å². The number of ether oxygens (including phenoxy) is 4. The molecule has 0 aromatic heterocycles. The van der Waals surface area contributed by atoms with E-state index in [2.05, 4.69) is 0 Å². The highest BCUT2D eigenvalue weighted by Crippen LogP contribution is 2.64. The first kappa shape index (κ1) is 18.2. The molecule has 2 aliphatic carbocycles. The van der Waals surface area contributed by atoms with Crippen LogP contribution in [0.15, 0.2) is 42.0 Å². The Bertz CT molecular complexity index is 820. The normalized spacial score (nSPS) is 44.4. The fraction of sp³-hybridized carbons (Fsp3) is 0.545. The second kappa shape index (κ2) is 6.59. The zero-order chi connectivity index (χ0) is 19.5. The van der Waals surface area contributed by atoms with Gasteiger partial charge in [0.2, 0.25) is 0 Å². The lowest BCUT2D eigenvalue weighted by atomic mass is 9.63. The molecule has 2 saturated heterocycles. The van der Waals surface area contributed by atoms with Crippen LogP contribution in [-0.2, 0) is 28.5 Å². The molecule has 3 fully saturated rings. The van der Waals surface area contributed by atoms with Crippen LogP contribution in [0.5, 0.6) is 0 Å². The summed E-state index contributed by atoms with van der Waals surface area (Å²) in [5.74, 6) is -0.660. The standard InChI is InChI=1S/C22H24O6/c1-12-8-15-9-14(10-23)17-21(25-2)27-16-11-26-20(13-6-4-3-5-7-13)28-19(16)22(15,17)18(12)24/h3-8,10,14-17,19-21H,9,11H2,1-2H3/t14-,15-,16+,17+,19+,20+,21-,22+/m0/s1. The molecule has 2 heterocycles. The Balaban J connectivity index is 1.59. The number of rotatable bonds is 3. The number of allylic oxidation sites excluding steroid dienone is 2. The molecule has 4 aliphatic rings. The summed E-state index contributed by atoms with van der Waals surface area (Å²) in [5.41, 5.74) is 0.802. The van der Waals surface area contributed by atoms with Gasteiger partial charge in [-0.1, -0.05) is 36.4 Å². The number of carbonyl (C=O) groups is 2. The minimum Gasteiger partial charge on any atom is -0.356 e. The van der Waals surface area contributed by atoms with Crippen molar-refractivity contribution in [3.05, 3.63) is 47.5 Å². The van der Waals surface area contributed by atoms with Gasteiger partial charge in [-0.25, -0.2) is 0 Å². The fourth-order valence-electron chi connectivity index (χ4n) is 5.88. The molecule has 1 spiro atoms. The van der Waals surface area contributed by atoms with Crippen LogP contribution in [0.2, 0.25) is 0 Å². The topological polar surface area (TPSA) is 71.1 Å². The highest BCUT2D eigenvalue weighted by molar-refractivity contribution is 6.04. The van der Waals surface area contributed by atoms with E-state index in [1.54, 1.807) is 7.11 Å². The lowest BCUT2D eigenvalue weighted by Crippen LogP contribution is -2.65. The molecule has 0 bridgehead atoms. The number of aldehydes is 1. The third-order valence-electron chi connectivity index (χ3n) is 6.93. The molecule has 2 aliphatic heterocycles. The Labute approximate surface area is 163 Å². The minimum atomic E-state index is -0.837. The smallest absolute Gasteiger partial charge is 0.184 e. The number of methoxy groups -OCH3 is 1. The van der Waals surface area contributed by atoms with E-state index in [1.165, 1.54) is 0 Å². The summed E-state index contributed by atoms with van der Waals surface area (Å²) in [6, 6.07) is 9.69. The summed E-state index contributed by atoms with van der Waals surface area (Å²) in [5, 5.41) is 0. The maximum atomic E-state index is 13.5. The van der Waals surface area contributed by atoms with Gasteiger partial charge in [0.05, 0.1) is 12.0 Å². The van der Waals surface area contributed by atoms with E-state index in [-0.39, 0.29) is 23.5 Å². The molecule has 6 heteroatoms. The predicted octanol–water partition coefficient (Wildman–Crippen LogP) is 2.44. The molecule has 0 unspecified atom stereocenters. The first-order valence-corrected chi connectivity index (χ1v) is 9.80. The first-order valence-electron chi connectivity index (χ1n) is 9.80. The van der Waals surface area contributed by atoms with Crippen molar-refractivity contribution >= 4 is 12.1 Å². The molecule has 0 N–H and O–H groups in total. The highest BCUT2D eigenvalue weighted by atomic mass is 16.7. The number of ketones is 1. The molecule has 1 aromatic carbocycles. The van der Waals surface area contributed by atoms with E-state index >= 15 is 0 Å². The van der Waals surface area contributed by atoms with Gasteiger partial charge >= 0.3 is 0 Å². The van der Waals surface area contributed by atoms with Crippen molar-refractivity contribution in [1.29, 1.82) is 0 Å². The van der Waals surface area contributed by atoms with Crippen LogP contribution in [0, 0.1) is 23.2 Å². The van der Waals surface area contributed by atoms with E-state index in [4.69, 9.17) is 18.9 Å². The lowest BCUT2D eigenvalue weighted by Gasteiger charge is -2.54. The van der Waals surface area contributed by atoms with Gasteiger partial charge in [-0.2, -0.15) is 0 Å². The third-order valence-corrected chi connectivity index (χ3v) is 6.93. The molecule has 8 atom stereocenters. The van der Waals surface area contributed by atoms with Crippen LogP contribution < -0.4 is 0 Å². The number of hydrogen-bond donors (Lipinski definition) is 0. The van der Waals surface area contributed by atoms with Crippen molar-refractivity contribution < 1.29 is 28.5 Å². The van der Waals surface area contributed by atoms with Crippen LogP contribution >= 0.6 is 0 Å². The number of hydrogen-bond acceptors (Lipinski definition) is 6. The van der Waals surface area contributed by atoms with E-state index < -0.39 is 30.2 Å². The summed E-state index contributed by atoms with van der Waals surface area (Å²) >= 11 is 0. The molecule has 1 saturated carbocycles. The van der Waals surface area contributed by atoms with Crippen LogP contribution in [0.25, 0.3) is 0 Å². The molecular formula is C22H24O6. The van der Waals surface area contributed by atoms with Gasteiger partial charge in [0.1, 0.15) is 18.5 Å². The molecular weight excluding hydrogens is 360 g/mol. The first-order chi connectivity index (χ1) is 13.6. The van der Waals surface area contributed by atoms with Gasteiger partial charge in [-0.3, -0.25) is 4.79 Å². The zero-order valence-corrected chi connectivity index (χ0v) is 15.9. The van der Waals surface area contributed by atoms with Gasteiger partial charge in [-0.05, 0) is 24.8 Å². The monoisotopic (exact) mass is 384 g/mol. The van der Waals surface area contributed by atoms with Gasteiger partial charge in [0, 0.05) is 24.5 Å². The lowest BCUT2D eigenvalue weighted by molar-refractivity contribution is -0.356. The molecule has 0 radical (unpaired) electrons. The molecule has 0 amide bonds. The maximum Gasteiger partial charge on any atom is 0.184 e. The SMILES string of the molecule is CO[C@H]1O[C@@H]2CO[C@@H](c3ccccc3)O[C@H]2[C@]23C(=O)C(C)=C[C@H]2C[C@@H](C=O)[C@H]13.